The fourth-order valence-electron chi connectivity index (χ4n) is 5.59. The van der Waals surface area contributed by atoms with Crippen molar-refractivity contribution in [2.24, 2.45) is 0 Å². The second-order valence-electron chi connectivity index (χ2n) is 10.6. The zero-order valence-electron chi connectivity index (χ0n) is 22.9. The maximum absolute atomic E-state index is 13.5. The van der Waals surface area contributed by atoms with Crippen molar-refractivity contribution in [3.05, 3.63) is 65.2 Å². The molecule has 3 aliphatic heterocycles. The topological polar surface area (TPSA) is 114 Å². The van der Waals surface area contributed by atoms with Gasteiger partial charge in [0.2, 0.25) is 11.8 Å². The molecule has 1 N–H and O–H groups in total. The number of benzene rings is 1. The molecule has 1 amide bonds. The number of allylic oxidation sites excluding steroid dienone is 2. The van der Waals surface area contributed by atoms with E-state index in [2.05, 4.69) is 44.3 Å². The molecule has 0 aliphatic carbocycles. The van der Waals surface area contributed by atoms with Crippen molar-refractivity contribution in [2.75, 3.05) is 61.5 Å². The summed E-state index contributed by atoms with van der Waals surface area (Å²) in [7, 11) is 2.14. The van der Waals surface area contributed by atoms with Gasteiger partial charge in [0.25, 0.3) is 11.5 Å². The van der Waals surface area contributed by atoms with E-state index in [-0.39, 0.29) is 18.1 Å². The number of carbonyl (C=O) groups is 1. The van der Waals surface area contributed by atoms with E-state index >= 15 is 0 Å². The highest BCUT2D eigenvalue weighted by atomic mass is 16.5. The lowest BCUT2D eigenvalue weighted by molar-refractivity contribution is -0.121. The second-order valence-corrected chi connectivity index (χ2v) is 10.6. The fourth-order valence-corrected chi connectivity index (χ4v) is 5.59. The maximum atomic E-state index is 13.5. The molecule has 2 bridgehead atoms. The van der Waals surface area contributed by atoms with Crippen LogP contribution < -0.4 is 25.4 Å². The zero-order valence-corrected chi connectivity index (χ0v) is 22.9. The first-order chi connectivity index (χ1) is 20.0. The van der Waals surface area contributed by atoms with Crippen LogP contribution in [0.25, 0.3) is 16.7 Å². The highest BCUT2D eigenvalue weighted by Crippen LogP contribution is 2.33. The van der Waals surface area contributed by atoms with E-state index in [9.17, 15) is 9.59 Å². The molecule has 0 unspecified atom stereocenters. The van der Waals surface area contributed by atoms with Crippen LogP contribution in [0.3, 0.4) is 0 Å². The van der Waals surface area contributed by atoms with Gasteiger partial charge in [-0.3, -0.25) is 9.59 Å². The monoisotopic (exact) mass is 553 g/mol. The third kappa shape index (κ3) is 4.69. The minimum atomic E-state index is -0.202. The summed E-state index contributed by atoms with van der Waals surface area (Å²) in [5.74, 6) is 0.671. The van der Waals surface area contributed by atoms with Crippen molar-refractivity contribution in [3.63, 3.8) is 0 Å². The van der Waals surface area contributed by atoms with Crippen LogP contribution in [-0.2, 0) is 11.3 Å². The first-order valence-corrected chi connectivity index (χ1v) is 13.9. The highest BCUT2D eigenvalue weighted by Gasteiger charge is 2.28. The van der Waals surface area contributed by atoms with Gasteiger partial charge in [0.05, 0.1) is 18.4 Å². The number of nitrogens with zero attached hydrogens (tertiary/aromatic N) is 8. The molecule has 12 heteroatoms. The van der Waals surface area contributed by atoms with Crippen LogP contribution in [0.1, 0.15) is 12.8 Å². The van der Waals surface area contributed by atoms with E-state index in [4.69, 9.17) is 9.72 Å². The molecule has 0 spiro atoms. The quantitative estimate of drug-likeness (QED) is 0.383. The molecule has 210 valence electrons. The Bertz CT molecular complexity index is 1720. The Labute approximate surface area is 236 Å². The van der Waals surface area contributed by atoms with E-state index in [1.54, 1.807) is 26.7 Å². The zero-order chi connectivity index (χ0) is 27.9. The van der Waals surface area contributed by atoms with Crippen molar-refractivity contribution >= 4 is 40.0 Å². The third-order valence-corrected chi connectivity index (χ3v) is 7.83. The SMILES string of the molecule is CN1CCN(c2cccc(Nc3ncc4c(=O)n5n(c4n3)-c3cnc4c(c3)N(CCCC=CC5)C(=O)CO4)c2)CC1. The van der Waals surface area contributed by atoms with Crippen LogP contribution in [0.4, 0.5) is 23.0 Å². The van der Waals surface area contributed by atoms with Crippen LogP contribution in [0, 0.1) is 0 Å². The molecule has 1 fully saturated rings. The number of carbonyl (C=O) groups excluding carboxylic acids is 1. The van der Waals surface area contributed by atoms with Gasteiger partial charge in [-0.15, -0.1) is 0 Å². The van der Waals surface area contributed by atoms with Crippen molar-refractivity contribution in [2.45, 2.75) is 19.4 Å². The Hall–Kier alpha value is -4.71. The van der Waals surface area contributed by atoms with E-state index in [1.165, 1.54) is 0 Å². The van der Waals surface area contributed by atoms with Gasteiger partial charge in [-0.25, -0.2) is 19.3 Å². The van der Waals surface area contributed by atoms with Crippen LogP contribution in [-0.4, -0.2) is 81.5 Å². The average molecular weight is 554 g/mol. The minimum Gasteiger partial charge on any atom is -0.466 e. The Kier molecular flexibility index (Phi) is 6.38. The van der Waals surface area contributed by atoms with E-state index in [0.29, 0.717) is 47.3 Å². The number of ether oxygens (including phenoxy) is 1. The number of pyridine rings is 1. The second kappa shape index (κ2) is 10.4. The molecule has 3 aliphatic rings. The molecule has 6 heterocycles. The van der Waals surface area contributed by atoms with Gasteiger partial charge in [0.1, 0.15) is 11.1 Å². The summed E-state index contributed by atoms with van der Waals surface area (Å²) in [5.41, 5.74) is 3.45. The molecule has 1 saturated heterocycles. The van der Waals surface area contributed by atoms with Crippen LogP contribution in [0.15, 0.2) is 59.7 Å². The maximum Gasteiger partial charge on any atom is 0.278 e. The molecule has 0 atom stereocenters. The lowest BCUT2D eigenvalue weighted by atomic mass is 10.2. The summed E-state index contributed by atoms with van der Waals surface area (Å²) in [6, 6.07) is 10.1. The van der Waals surface area contributed by atoms with Crippen molar-refractivity contribution in [3.8, 4) is 11.6 Å². The summed E-state index contributed by atoms with van der Waals surface area (Å²) in [6.07, 6.45) is 8.80. The Morgan fingerprint density at radius 3 is 2.71 bits per heavy atom. The molecule has 7 rings (SSSR count). The summed E-state index contributed by atoms with van der Waals surface area (Å²) < 4.78 is 8.98. The smallest absolute Gasteiger partial charge is 0.278 e. The summed E-state index contributed by atoms with van der Waals surface area (Å²) in [6.45, 7) is 4.88. The molecule has 4 aromatic rings. The van der Waals surface area contributed by atoms with Crippen LogP contribution >= 0.6 is 0 Å². The number of amides is 1. The highest BCUT2D eigenvalue weighted by molar-refractivity contribution is 5.97. The molecule has 41 heavy (non-hydrogen) atoms. The summed E-state index contributed by atoms with van der Waals surface area (Å²) in [5, 5.41) is 3.72. The fraction of sp³-hybridized carbons (Fsp3) is 0.345. The number of aromatic nitrogens is 5. The van der Waals surface area contributed by atoms with Gasteiger partial charge in [-0.1, -0.05) is 18.2 Å². The first-order valence-electron chi connectivity index (χ1n) is 13.9. The number of piperazine rings is 1. The van der Waals surface area contributed by atoms with Gasteiger partial charge in [0, 0.05) is 50.3 Å². The average Bonchev–Trinajstić information content (AvgIpc) is 3.25. The lowest BCUT2D eigenvalue weighted by Crippen LogP contribution is -2.44. The van der Waals surface area contributed by atoms with Gasteiger partial charge >= 0.3 is 0 Å². The molecule has 0 radical (unpaired) electrons. The normalized spacial score (nSPS) is 17.5. The largest absolute Gasteiger partial charge is 0.466 e. The van der Waals surface area contributed by atoms with E-state index < -0.39 is 0 Å². The molecule has 12 nitrogen and oxygen atoms in total. The number of anilines is 4. The summed E-state index contributed by atoms with van der Waals surface area (Å²) in [4.78, 5) is 46.5. The van der Waals surface area contributed by atoms with Crippen LogP contribution in [0.5, 0.6) is 5.88 Å². The van der Waals surface area contributed by atoms with Crippen LogP contribution in [0.2, 0.25) is 0 Å². The predicted molar refractivity (Wildman–Crippen MR) is 157 cm³/mol. The molecular weight excluding hydrogens is 522 g/mol. The third-order valence-electron chi connectivity index (χ3n) is 7.83. The van der Waals surface area contributed by atoms with Crippen molar-refractivity contribution in [1.82, 2.24) is 29.2 Å². The van der Waals surface area contributed by atoms with Gasteiger partial charge in [0.15, 0.2) is 12.3 Å². The molecule has 0 saturated carbocycles. The Balaban J connectivity index is 1.30. The number of nitrogens with one attached hydrogen (secondary N) is 1. The van der Waals surface area contributed by atoms with Gasteiger partial charge < -0.3 is 24.8 Å². The van der Waals surface area contributed by atoms with Gasteiger partial charge in [-0.05, 0) is 44.2 Å². The van der Waals surface area contributed by atoms with E-state index in [1.807, 2.05) is 30.4 Å². The molecule has 3 aromatic heterocycles. The van der Waals surface area contributed by atoms with Crippen molar-refractivity contribution in [1.29, 1.82) is 0 Å². The Morgan fingerprint density at radius 2 is 1.83 bits per heavy atom. The first kappa shape index (κ1) is 25.3. The lowest BCUT2D eigenvalue weighted by Gasteiger charge is -2.34. The summed E-state index contributed by atoms with van der Waals surface area (Å²) >= 11 is 0. The minimum absolute atomic E-state index is 0.0371. The number of likely N-dealkylation sites (N-methyl/N-ethyl adjacent to an activating group) is 1. The van der Waals surface area contributed by atoms with Crippen molar-refractivity contribution < 1.29 is 9.53 Å². The van der Waals surface area contributed by atoms with Gasteiger partial charge in [-0.2, -0.15) is 4.98 Å². The number of hydrogen-bond acceptors (Lipinski definition) is 9. The number of hydrogen-bond donors (Lipinski definition) is 1. The number of fused-ring (bicyclic) bond motifs is 5. The molecule has 1 aromatic carbocycles. The molecular formula is C29H31N9O3. The standard InChI is InChI=1S/C29H31N9O3/c1-34-11-13-35(14-12-34)21-8-6-7-20(15-21)32-29-31-18-23-26(33-29)38-22-16-24-27(30-17-22)41-19-25(39)36(24)9-4-2-3-5-10-37(38)28(23)40/h3,5-8,15-18H,2,4,9-14,19H2,1H3,(H,31,32,33). The Morgan fingerprint density at radius 1 is 0.951 bits per heavy atom. The van der Waals surface area contributed by atoms with E-state index in [0.717, 1.165) is 50.4 Å². The number of rotatable bonds is 3. The predicted octanol–water partition coefficient (Wildman–Crippen LogP) is 2.55.